The van der Waals surface area contributed by atoms with E-state index >= 15 is 0 Å². The maximum atomic E-state index is 10.8. The van der Waals surface area contributed by atoms with E-state index in [9.17, 15) is 13.0 Å². The predicted octanol–water partition coefficient (Wildman–Crippen LogP) is -0.979. The van der Waals surface area contributed by atoms with Gasteiger partial charge in [-0.25, -0.2) is 13.4 Å². The van der Waals surface area contributed by atoms with Gasteiger partial charge >= 0.3 is 0 Å². The molecule has 2 aromatic rings. The number of benzene rings is 1. The van der Waals surface area contributed by atoms with Gasteiger partial charge < -0.3 is 21.5 Å². The number of hydrogen-bond acceptors (Lipinski definition) is 3. The zero-order chi connectivity index (χ0) is 14.5. The maximum Gasteiger partial charge on any atom is 0.166 e. The normalized spacial score (nSPS) is 10.0. The van der Waals surface area contributed by atoms with Gasteiger partial charge in [0, 0.05) is 12.1 Å². The van der Waals surface area contributed by atoms with Crippen LogP contribution in [0.2, 0.25) is 0 Å². The molecule has 0 fully saturated rings. The van der Waals surface area contributed by atoms with Crippen molar-refractivity contribution in [2.75, 3.05) is 0 Å². The number of aryl methyl sites for hydroxylation is 3. The van der Waals surface area contributed by atoms with E-state index in [4.69, 9.17) is 0 Å². The Morgan fingerprint density at radius 2 is 1.40 bits per heavy atom. The van der Waals surface area contributed by atoms with Crippen LogP contribution in [0.15, 0.2) is 47.6 Å². The number of halogens is 1. The molecule has 20 heavy (non-hydrogen) atoms. The number of nitrogens with one attached hydrogen (secondary N) is 1. The Kier molecular flexibility index (Phi) is 7.63. The third-order valence-electron chi connectivity index (χ3n) is 2.46. The van der Waals surface area contributed by atoms with Gasteiger partial charge in [-0.2, -0.15) is 0 Å². The van der Waals surface area contributed by atoms with E-state index in [1.807, 2.05) is 37.5 Å². The molecule has 2 rings (SSSR count). The van der Waals surface area contributed by atoms with E-state index in [1.165, 1.54) is 0 Å². The van der Waals surface area contributed by atoms with Crippen LogP contribution in [-0.4, -0.2) is 13.0 Å². The smallest absolute Gasteiger partial charge is 0.166 e. The summed E-state index contributed by atoms with van der Waals surface area (Å²) in [5.74, 6) is 0. The SMILES string of the molecule is Cc1cc(C)c(S(=O)(=O)[O-])c(C)c1.[Br-].c1cc[nH+]cc1. The van der Waals surface area contributed by atoms with Crippen LogP contribution in [0, 0.1) is 20.8 Å². The molecule has 0 aliphatic rings. The van der Waals surface area contributed by atoms with E-state index < -0.39 is 10.1 Å². The molecule has 0 unspecified atom stereocenters. The molecular weight excluding hydrogens is 342 g/mol. The van der Waals surface area contributed by atoms with Crippen molar-refractivity contribution in [3.8, 4) is 0 Å². The monoisotopic (exact) mass is 358 g/mol. The molecule has 0 atom stereocenters. The first-order valence-corrected chi connectivity index (χ1v) is 7.18. The van der Waals surface area contributed by atoms with Crippen molar-refractivity contribution < 1.29 is 34.9 Å². The van der Waals surface area contributed by atoms with Crippen LogP contribution >= 0.6 is 0 Å². The predicted molar refractivity (Wildman–Crippen MR) is 71.6 cm³/mol. The van der Waals surface area contributed by atoms with Crippen molar-refractivity contribution in [2.24, 2.45) is 0 Å². The van der Waals surface area contributed by atoms with Gasteiger partial charge in [-0.3, -0.25) is 0 Å². The van der Waals surface area contributed by atoms with Gasteiger partial charge in [0.15, 0.2) is 12.4 Å². The number of aromatic nitrogens is 1. The van der Waals surface area contributed by atoms with E-state index in [1.54, 1.807) is 26.0 Å². The zero-order valence-corrected chi connectivity index (χ0v) is 14.0. The lowest BCUT2D eigenvalue weighted by molar-refractivity contribution is -0.377. The molecule has 0 radical (unpaired) electrons. The second kappa shape index (κ2) is 8.14. The average Bonchev–Trinajstić information content (AvgIpc) is 2.28. The van der Waals surface area contributed by atoms with Crippen LogP contribution in [-0.2, 0) is 10.1 Å². The summed E-state index contributed by atoms with van der Waals surface area (Å²) < 4.78 is 32.5. The molecule has 0 bridgehead atoms. The molecule has 0 saturated heterocycles. The standard InChI is InChI=1S/C9H12O3S.C5H5N.BrH/c1-6-4-7(2)9(8(3)5-6)13(10,11)12;1-2-4-6-5-3-1;/h4-5H,1-3H3,(H,10,11,12);1-5H;1H/p-1. The summed E-state index contributed by atoms with van der Waals surface area (Å²) in [6.07, 6.45) is 3.75. The summed E-state index contributed by atoms with van der Waals surface area (Å²) >= 11 is 0. The van der Waals surface area contributed by atoms with Crippen molar-refractivity contribution >= 4 is 10.1 Å². The summed E-state index contributed by atoms with van der Waals surface area (Å²) in [5.41, 5.74) is 2.00. The minimum absolute atomic E-state index is 0. The zero-order valence-electron chi connectivity index (χ0n) is 11.6. The lowest BCUT2D eigenvalue weighted by Gasteiger charge is -2.14. The second-order valence-electron chi connectivity index (χ2n) is 4.26. The lowest BCUT2D eigenvalue weighted by Crippen LogP contribution is -3.00. The number of rotatable bonds is 1. The Bertz CT molecular complexity index is 593. The van der Waals surface area contributed by atoms with Gasteiger partial charge in [0.05, 0.1) is 4.90 Å². The minimum Gasteiger partial charge on any atom is -1.00 e. The highest BCUT2D eigenvalue weighted by molar-refractivity contribution is 7.85. The molecule has 6 heteroatoms. The van der Waals surface area contributed by atoms with Crippen molar-refractivity contribution in [1.29, 1.82) is 0 Å². The number of H-pyrrole nitrogens is 1. The van der Waals surface area contributed by atoms with E-state index in [0.29, 0.717) is 11.1 Å². The highest BCUT2D eigenvalue weighted by atomic mass is 79.9. The molecule has 1 aromatic heterocycles. The Balaban J connectivity index is 0.000000434. The van der Waals surface area contributed by atoms with Crippen LogP contribution in [0.3, 0.4) is 0 Å². The lowest BCUT2D eigenvalue weighted by atomic mass is 10.1. The molecule has 110 valence electrons. The molecule has 0 aliphatic carbocycles. The van der Waals surface area contributed by atoms with Crippen LogP contribution in [0.1, 0.15) is 16.7 Å². The van der Waals surface area contributed by atoms with Crippen molar-refractivity contribution in [1.82, 2.24) is 0 Å². The van der Waals surface area contributed by atoms with Gasteiger partial charge in [-0.15, -0.1) is 0 Å². The Morgan fingerprint density at radius 3 is 1.65 bits per heavy atom. The van der Waals surface area contributed by atoms with Crippen LogP contribution in [0.25, 0.3) is 0 Å². The van der Waals surface area contributed by atoms with Gasteiger partial charge in [-0.05, 0) is 31.9 Å². The molecule has 1 heterocycles. The summed E-state index contributed by atoms with van der Waals surface area (Å²) in [4.78, 5) is 2.81. The average molecular weight is 359 g/mol. The highest BCUT2D eigenvalue weighted by Crippen LogP contribution is 2.20. The first kappa shape index (κ1) is 18.8. The molecule has 0 amide bonds. The third-order valence-corrected chi connectivity index (χ3v) is 3.61. The Labute approximate surface area is 130 Å². The number of pyridine rings is 1. The summed E-state index contributed by atoms with van der Waals surface area (Å²) in [6, 6.07) is 9.24. The van der Waals surface area contributed by atoms with Gasteiger partial charge in [-0.1, -0.05) is 23.8 Å². The maximum absolute atomic E-state index is 10.8. The Hall–Kier alpha value is -1.24. The molecule has 1 aromatic carbocycles. The molecular formula is C14H17BrNO3S-. The van der Waals surface area contributed by atoms with Gasteiger partial charge in [0.2, 0.25) is 0 Å². The largest absolute Gasteiger partial charge is 1.00 e. The quantitative estimate of drug-likeness (QED) is 0.615. The fourth-order valence-corrected chi connectivity index (χ4v) is 2.81. The third kappa shape index (κ3) is 5.81. The number of hydrogen-bond donors (Lipinski definition) is 0. The van der Waals surface area contributed by atoms with Crippen LogP contribution in [0.5, 0.6) is 0 Å². The van der Waals surface area contributed by atoms with Crippen molar-refractivity contribution in [3.05, 3.63) is 59.4 Å². The van der Waals surface area contributed by atoms with E-state index in [0.717, 1.165) is 5.56 Å². The molecule has 0 aliphatic heterocycles. The van der Waals surface area contributed by atoms with E-state index in [2.05, 4.69) is 4.98 Å². The fraction of sp³-hybridized carbons (Fsp3) is 0.214. The Morgan fingerprint density at radius 1 is 0.950 bits per heavy atom. The first-order chi connectivity index (χ1) is 8.82. The summed E-state index contributed by atoms with van der Waals surface area (Å²) in [6.45, 7) is 5.12. The number of aromatic amines is 1. The summed E-state index contributed by atoms with van der Waals surface area (Å²) in [5, 5.41) is 0. The van der Waals surface area contributed by atoms with E-state index in [-0.39, 0.29) is 21.9 Å². The van der Waals surface area contributed by atoms with Crippen LogP contribution < -0.4 is 22.0 Å². The van der Waals surface area contributed by atoms with Crippen molar-refractivity contribution in [3.63, 3.8) is 0 Å². The fourth-order valence-electron chi connectivity index (χ4n) is 1.90. The topological polar surface area (TPSA) is 71.3 Å². The van der Waals surface area contributed by atoms with Gasteiger partial charge in [0.25, 0.3) is 0 Å². The summed E-state index contributed by atoms with van der Waals surface area (Å²) in [7, 11) is -4.33. The molecule has 0 saturated carbocycles. The first-order valence-electron chi connectivity index (χ1n) is 5.77. The van der Waals surface area contributed by atoms with Gasteiger partial charge in [0.1, 0.15) is 10.1 Å². The minimum atomic E-state index is -4.33. The molecule has 4 nitrogen and oxygen atoms in total. The second-order valence-corrected chi connectivity index (χ2v) is 5.58. The molecule has 0 spiro atoms. The van der Waals surface area contributed by atoms with Crippen LogP contribution in [0.4, 0.5) is 0 Å². The highest BCUT2D eigenvalue weighted by Gasteiger charge is 2.09. The van der Waals surface area contributed by atoms with Crippen molar-refractivity contribution in [2.45, 2.75) is 25.7 Å². The molecule has 1 N–H and O–H groups in total.